The first kappa shape index (κ1) is 14.5. The Morgan fingerprint density at radius 3 is 2.30 bits per heavy atom. The Labute approximate surface area is 120 Å². The summed E-state index contributed by atoms with van der Waals surface area (Å²) >= 11 is 0. The van der Waals surface area contributed by atoms with Crippen molar-refractivity contribution in [3.63, 3.8) is 0 Å². The largest absolute Gasteiger partial charge is 0.390 e. The van der Waals surface area contributed by atoms with Crippen LogP contribution in [-0.2, 0) is 9.53 Å². The first-order valence-electron chi connectivity index (χ1n) is 7.89. The monoisotopic (exact) mass is 282 g/mol. The molecule has 0 saturated heterocycles. The number of hydrogen-bond donors (Lipinski definition) is 2. The summed E-state index contributed by atoms with van der Waals surface area (Å²) in [4.78, 5) is 12.0. The molecule has 4 aliphatic rings. The number of Topliss-reactive ketones (excluding diaryl/α,β-unsaturated/α-hetero) is 1. The zero-order valence-electron chi connectivity index (χ0n) is 12.5. The van der Waals surface area contributed by atoms with Crippen LogP contribution < -0.4 is 0 Å². The fourth-order valence-electron chi connectivity index (χ4n) is 5.00. The highest BCUT2D eigenvalue weighted by atomic mass is 16.5. The van der Waals surface area contributed by atoms with Gasteiger partial charge in [-0.25, -0.2) is 0 Å². The van der Waals surface area contributed by atoms with Gasteiger partial charge in [0.15, 0.2) is 5.78 Å². The molecule has 4 rings (SSSR count). The lowest BCUT2D eigenvalue weighted by Gasteiger charge is -2.62. The number of carbonyl (C=O) groups excluding carboxylic acids is 1. The second-order valence-electron chi connectivity index (χ2n) is 7.70. The van der Waals surface area contributed by atoms with Gasteiger partial charge in [0, 0.05) is 25.2 Å². The maximum Gasteiger partial charge on any atom is 0.161 e. The standard InChI is InChI=1S/C16H26O4/c1-3-11(2)13(17)7-20-16-6-12-4-14(18,9-16)8-15(19,5-12)10-16/h11-12,18-19H,3-10H2,1-2H3. The van der Waals surface area contributed by atoms with E-state index in [-0.39, 0.29) is 18.3 Å². The first-order chi connectivity index (χ1) is 9.27. The fraction of sp³-hybridized carbons (Fsp3) is 0.938. The van der Waals surface area contributed by atoms with Crippen LogP contribution in [0.1, 0.15) is 58.8 Å². The quantitative estimate of drug-likeness (QED) is 0.807. The summed E-state index contributed by atoms with van der Waals surface area (Å²) in [5.74, 6) is 0.484. The third kappa shape index (κ3) is 2.42. The van der Waals surface area contributed by atoms with E-state index in [1.54, 1.807) is 0 Å². The van der Waals surface area contributed by atoms with Crippen LogP contribution in [0.5, 0.6) is 0 Å². The van der Waals surface area contributed by atoms with Crippen molar-refractivity contribution in [3.8, 4) is 0 Å². The smallest absolute Gasteiger partial charge is 0.161 e. The molecule has 3 unspecified atom stereocenters. The van der Waals surface area contributed by atoms with Crippen molar-refractivity contribution in [1.29, 1.82) is 0 Å². The molecule has 4 aliphatic carbocycles. The van der Waals surface area contributed by atoms with Gasteiger partial charge in [-0.3, -0.25) is 4.79 Å². The van der Waals surface area contributed by atoms with Gasteiger partial charge in [-0.1, -0.05) is 13.8 Å². The number of ketones is 1. The van der Waals surface area contributed by atoms with Gasteiger partial charge in [-0.05, 0) is 31.6 Å². The highest BCUT2D eigenvalue weighted by Gasteiger charge is 2.63. The van der Waals surface area contributed by atoms with Gasteiger partial charge in [0.25, 0.3) is 0 Å². The molecule has 4 heteroatoms. The van der Waals surface area contributed by atoms with E-state index in [4.69, 9.17) is 4.74 Å². The van der Waals surface area contributed by atoms with Crippen molar-refractivity contribution in [2.45, 2.75) is 75.6 Å². The van der Waals surface area contributed by atoms with E-state index in [1.807, 2.05) is 13.8 Å². The number of rotatable bonds is 5. The van der Waals surface area contributed by atoms with E-state index in [0.717, 1.165) is 25.7 Å². The minimum atomic E-state index is -0.784. The van der Waals surface area contributed by atoms with E-state index < -0.39 is 16.8 Å². The normalized spacial score (nSPS) is 47.5. The predicted octanol–water partition coefficient (Wildman–Crippen LogP) is 1.82. The molecule has 0 heterocycles. The molecule has 2 N–H and O–H groups in total. The summed E-state index contributed by atoms with van der Waals surface area (Å²) in [7, 11) is 0. The molecule has 20 heavy (non-hydrogen) atoms. The predicted molar refractivity (Wildman–Crippen MR) is 74.2 cm³/mol. The lowest BCUT2D eigenvalue weighted by Crippen LogP contribution is -2.66. The van der Waals surface area contributed by atoms with Crippen molar-refractivity contribution in [2.75, 3.05) is 6.61 Å². The van der Waals surface area contributed by atoms with Crippen LogP contribution in [0.3, 0.4) is 0 Å². The molecule has 0 aromatic rings. The molecule has 0 spiro atoms. The molecule has 0 aromatic carbocycles. The molecule has 4 fully saturated rings. The molecule has 0 amide bonds. The second kappa shape index (κ2) is 4.52. The molecule has 0 radical (unpaired) electrons. The Morgan fingerprint density at radius 2 is 1.80 bits per heavy atom. The topological polar surface area (TPSA) is 66.8 Å². The van der Waals surface area contributed by atoms with E-state index in [2.05, 4.69) is 0 Å². The van der Waals surface area contributed by atoms with Gasteiger partial charge in [0.2, 0.25) is 0 Å². The molecule has 4 nitrogen and oxygen atoms in total. The molecular formula is C16H26O4. The Kier molecular flexibility index (Phi) is 3.27. The van der Waals surface area contributed by atoms with Crippen LogP contribution in [0.15, 0.2) is 0 Å². The van der Waals surface area contributed by atoms with E-state index in [9.17, 15) is 15.0 Å². The second-order valence-corrected chi connectivity index (χ2v) is 7.70. The van der Waals surface area contributed by atoms with Crippen molar-refractivity contribution in [1.82, 2.24) is 0 Å². The van der Waals surface area contributed by atoms with Crippen LogP contribution in [0.25, 0.3) is 0 Å². The van der Waals surface area contributed by atoms with E-state index in [1.165, 1.54) is 0 Å². The zero-order chi connectivity index (χ0) is 14.6. The Hall–Kier alpha value is -0.450. The molecule has 114 valence electrons. The van der Waals surface area contributed by atoms with Crippen LogP contribution >= 0.6 is 0 Å². The summed E-state index contributed by atoms with van der Waals surface area (Å²) in [5.41, 5.74) is -2.05. The lowest BCUT2D eigenvalue weighted by molar-refractivity contribution is -0.266. The number of hydrogen-bond acceptors (Lipinski definition) is 4. The molecule has 3 atom stereocenters. The number of ether oxygens (including phenoxy) is 1. The highest BCUT2D eigenvalue weighted by Crippen LogP contribution is 2.60. The average molecular weight is 282 g/mol. The molecule has 4 bridgehead atoms. The van der Waals surface area contributed by atoms with Crippen molar-refractivity contribution in [2.24, 2.45) is 11.8 Å². The zero-order valence-corrected chi connectivity index (χ0v) is 12.5. The molecular weight excluding hydrogens is 256 g/mol. The van der Waals surface area contributed by atoms with Gasteiger partial charge in [0.05, 0.1) is 16.8 Å². The van der Waals surface area contributed by atoms with Crippen LogP contribution in [0.4, 0.5) is 0 Å². The average Bonchev–Trinajstić information content (AvgIpc) is 2.30. The van der Waals surface area contributed by atoms with Gasteiger partial charge in [-0.15, -0.1) is 0 Å². The van der Waals surface area contributed by atoms with Crippen LogP contribution in [0.2, 0.25) is 0 Å². The summed E-state index contributed by atoms with van der Waals surface area (Å²) in [6.07, 6.45) is 4.89. The van der Waals surface area contributed by atoms with E-state index in [0.29, 0.717) is 25.2 Å². The molecule has 0 aliphatic heterocycles. The van der Waals surface area contributed by atoms with Gasteiger partial charge in [0.1, 0.15) is 6.61 Å². The maximum atomic E-state index is 12.0. The van der Waals surface area contributed by atoms with Gasteiger partial charge in [-0.2, -0.15) is 0 Å². The molecule has 0 aromatic heterocycles. The summed E-state index contributed by atoms with van der Waals surface area (Å²) in [6, 6.07) is 0. The van der Waals surface area contributed by atoms with Gasteiger partial charge >= 0.3 is 0 Å². The Balaban J connectivity index is 1.71. The van der Waals surface area contributed by atoms with Crippen LogP contribution in [0, 0.1) is 11.8 Å². The molecule has 4 saturated carbocycles. The summed E-state index contributed by atoms with van der Waals surface area (Å²) in [5, 5.41) is 21.3. The SMILES string of the molecule is CCC(C)C(=O)COC12CC3CC(O)(CC(O)(C3)C1)C2. The highest BCUT2D eigenvalue weighted by molar-refractivity contribution is 5.81. The maximum absolute atomic E-state index is 12.0. The number of aliphatic hydroxyl groups is 2. The fourth-order valence-corrected chi connectivity index (χ4v) is 5.00. The third-order valence-electron chi connectivity index (χ3n) is 5.64. The van der Waals surface area contributed by atoms with Crippen molar-refractivity contribution < 1.29 is 19.7 Å². The minimum Gasteiger partial charge on any atom is -0.390 e. The first-order valence-corrected chi connectivity index (χ1v) is 7.89. The van der Waals surface area contributed by atoms with Crippen molar-refractivity contribution in [3.05, 3.63) is 0 Å². The van der Waals surface area contributed by atoms with E-state index >= 15 is 0 Å². The third-order valence-corrected chi connectivity index (χ3v) is 5.64. The number of carbonyl (C=O) groups is 1. The Bertz CT molecular complexity index is 401. The minimum absolute atomic E-state index is 0.0232. The van der Waals surface area contributed by atoms with Gasteiger partial charge < -0.3 is 14.9 Å². The lowest BCUT2D eigenvalue weighted by atomic mass is 9.50. The van der Waals surface area contributed by atoms with Crippen molar-refractivity contribution >= 4 is 5.78 Å². The summed E-state index contributed by atoms with van der Waals surface area (Å²) < 4.78 is 5.99. The van der Waals surface area contributed by atoms with Crippen LogP contribution in [-0.4, -0.2) is 39.4 Å². The Morgan fingerprint density at radius 1 is 1.20 bits per heavy atom. The summed E-state index contributed by atoms with van der Waals surface area (Å²) in [6.45, 7) is 4.04.